The Morgan fingerprint density at radius 3 is 2.65 bits per heavy atom. The van der Waals surface area contributed by atoms with E-state index in [-0.39, 0.29) is 30.4 Å². The molecule has 1 saturated heterocycles. The number of halogens is 2. The standard InChI is InChI=1S/C30H39F2N7O/c1-6-38-11-9-21(10-12-38)24(17-40)22-7-8-28(34-15-22)35-18-36-29(26(32)16-33-5)23-13-25(31)30-27(14-23)39(19(2)3)20(4)37-30/h7-8,13-17,19,21,24,27,30H,5-6,9-12,18H2,1-4H3,(H,34,35)/b26-16+,36-29?. The summed E-state index contributed by atoms with van der Waals surface area (Å²) in [4.78, 5) is 33.2. The molecule has 1 fully saturated rings. The van der Waals surface area contributed by atoms with Gasteiger partial charge in [0.25, 0.3) is 0 Å². The maximum absolute atomic E-state index is 15.1. The molecule has 1 aromatic rings. The average molecular weight is 552 g/mol. The molecule has 3 unspecified atom stereocenters. The van der Waals surface area contributed by atoms with Crippen LogP contribution in [0.2, 0.25) is 0 Å². The first-order valence-corrected chi connectivity index (χ1v) is 13.9. The van der Waals surface area contributed by atoms with Crippen LogP contribution in [0.25, 0.3) is 0 Å². The number of nitrogens with zero attached hydrogens (tertiary/aromatic N) is 6. The third-order valence-electron chi connectivity index (χ3n) is 7.93. The van der Waals surface area contributed by atoms with Crippen molar-refractivity contribution in [3.8, 4) is 0 Å². The van der Waals surface area contributed by atoms with E-state index in [1.54, 1.807) is 18.3 Å². The number of aromatic nitrogens is 1. The lowest BCUT2D eigenvalue weighted by molar-refractivity contribution is -0.110. The molecule has 8 nitrogen and oxygen atoms in total. The zero-order valence-electron chi connectivity index (χ0n) is 23.7. The van der Waals surface area contributed by atoms with Crippen molar-refractivity contribution in [1.82, 2.24) is 14.8 Å². The fourth-order valence-electron chi connectivity index (χ4n) is 5.88. The summed E-state index contributed by atoms with van der Waals surface area (Å²) < 4.78 is 30.2. The Balaban J connectivity index is 1.48. The molecule has 40 heavy (non-hydrogen) atoms. The minimum atomic E-state index is -0.719. The lowest BCUT2D eigenvalue weighted by atomic mass is 9.81. The van der Waals surface area contributed by atoms with Gasteiger partial charge in [-0.1, -0.05) is 13.0 Å². The first kappa shape index (κ1) is 29.5. The van der Waals surface area contributed by atoms with Crippen LogP contribution in [-0.2, 0) is 4.79 Å². The van der Waals surface area contributed by atoms with Crippen LogP contribution in [0.5, 0.6) is 0 Å². The molecular weight excluding hydrogens is 512 g/mol. The van der Waals surface area contributed by atoms with Crippen LogP contribution in [0.3, 0.4) is 0 Å². The van der Waals surface area contributed by atoms with Crippen molar-refractivity contribution in [2.45, 2.75) is 64.6 Å². The number of aldehydes is 1. The number of piperidine rings is 1. The second kappa shape index (κ2) is 13.2. The number of nitrogens with one attached hydrogen (secondary N) is 1. The molecule has 3 heterocycles. The highest BCUT2D eigenvalue weighted by molar-refractivity contribution is 6.13. The van der Waals surface area contributed by atoms with E-state index in [1.165, 1.54) is 6.08 Å². The molecule has 3 aliphatic rings. The third-order valence-corrected chi connectivity index (χ3v) is 7.93. The number of anilines is 1. The summed E-state index contributed by atoms with van der Waals surface area (Å²) >= 11 is 0. The van der Waals surface area contributed by atoms with Crippen molar-refractivity contribution in [3.05, 3.63) is 59.5 Å². The van der Waals surface area contributed by atoms with E-state index in [1.807, 2.05) is 31.7 Å². The molecule has 1 aromatic heterocycles. The van der Waals surface area contributed by atoms with Gasteiger partial charge >= 0.3 is 0 Å². The molecule has 0 saturated carbocycles. The Hall–Kier alpha value is -3.53. The topological polar surface area (TPSA) is 85.5 Å². The maximum atomic E-state index is 15.1. The predicted octanol–water partition coefficient (Wildman–Crippen LogP) is 5.09. The van der Waals surface area contributed by atoms with Gasteiger partial charge in [-0.15, -0.1) is 0 Å². The van der Waals surface area contributed by atoms with Crippen molar-refractivity contribution in [3.63, 3.8) is 0 Å². The highest BCUT2D eigenvalue weighted by atomic mass is 19.1. The van der Waals surface area contributed by atoms with Gasteiger partial charge in [-0.2, -0.15) is 0 Å². The second-order valence-electron chi connectivity index (χ2n) is 10.7. The lowest BCUT2D eigenvalue weighted by Gasteiger charge is -2.33. The number of amidine groups is 1. The van der Waals surface area contributed by atoms with E-state index in [0.29, 0.717) is 17.3 Å². The Kier molecular flexibility index (Phi) is 9.73. The zero-order chi connectivity index (χ0) is 28.8. The second-order valence-corrected chi connectivity index (χ2v) is 10.7. The first-order chi connectivity index (χ1) is 19.3. The summed E-state index contributed by atoms with van der Waals surface area (Å²) in [5.41, 5.74) is 1.18. The summed E-state index contributed by atoms with van der Waals surface area (Å²) in [5.74, 6) is 0.240. The van der Waals surface area contributed by atoms with Gasteiger partial charge in [-0.25, -0.2) is 13.8 Å². The fraction of sp³-hybridized carbons (Fsp3) is 0.500. The molecule has 2 aliphatic heterocycles. The van der Waals surface area contributed by atoms with Gasteiger partial charge in [0.1, 0.15) is 36.4 Å². The van der Waals surface area contributed by atoms with Crippen molar-refractivity contribution < 1.29 is 13.6 Å². The first-order valence-electron chi connectivity index (χ1n) is 13.9. The highest BCUT2D eigenvalue weighted by Crippen LogP contribution is 2.34. The molecule has 1 N–H and O–H groups in total. The number of allylic oxidation sites excluding steroid dienone is 3. The zero-order valence-corrected chi connectivity index (χ0v) is 23.7. The molecule has 214 valence electrons. The number of carbonyl (C=O) groups is 1. The van der Waals surface area contributed by atoms with Gasteiger partial charge in [-0.05, 0) is 89.7 Å². The molecule has 0 aromatic carbocycles. The average Bonchev–Trinajstić information content (AvgIpc) is 3.29. The third kappa shape index (κ3) is 6.43. The highest BCUT2D eigenvalue weighted by Gasteiger charge is 2.40. The van der Waals surface area contributed by atoms with Crippen molar-refractivity contribution in [2.24, 2.45) is 20.9 Å². The number of hydrogen-bond donors (Lipinski definition) is 1. The van der Waals surface area contributed by atoms with Crippen LogP contribution < -0.4 is 5.32 Å². The number of rotatable bonds is 11. The van der Waals surface area contributed by atoms with Crippen LogP contribution >= 0.6 is 0 Å². The molecule has 10 heteroatoms. The molecule has 0 bridgehead atoms. The molecule has 3 atom stereocenters. The lowest BCUT2D eigenvalue weighted by Crippen LogP contribution is -2.43. The van der Waals surface area contributed by atoms with Crippen LogP contribution in [0, 0.1) is 5.92 Å². The van der Waals surface area contributed by atoms with Gasteiger partial charge in [0, 0.05) is 23.7 Å². The molecule has 1 aliphatic carbocycles. The van der Waals surface area contributed by atoms with E-state index in [4.69, 9.17) is 0 Å². The fourth-order valence-corrected chi connectivity index (χ4v) is 5.88. The number of carbonyl (C=O) groups excluding carboxylic acids is 1. The largest absolute Gasteiger partial charge is 0.351 e. The maximum Gasteiger partial charge on any atom is 0.167 e. The monoisotopic (exact) mass is 551 g/mol. The van der Waals surface area contributed by atoms with Crippen molar-refractivity contribution >= 4 is 30.4 Å². The molecule has 0 spiro atoms. The Morgan fingerprint density at radius 2 is 2.05 bits per heavy atom. The Labute approximate surface area is 235 Å². The van der Waals surface area contributed by atoms with Crippen molar-refractivity contribution in [1.29, 1.82) is 0 Å². The van der Waals surface area contributed by atoms with Crippen LogP contribution in [0.15, 0.2) is 68.9 Å². The number of likely N-dealkylation sites (tertiary alicyclic amines) is 1. The van der Waals surface area contributed by atoms with Gasteiger partial charge in [0.05, 0.1) is 18.1 Å². The van der Waals surface area contributed by atoms with Crippen LogP contribution in [-0.4, -0.2) is 83.8 Å². The van der Waals surface area contributed by atoms with E-state index in [0.717, 1.165) is 56.4 Å². The summed E-state index contributed by atoms with van der Waals surface area (Å²) in [6.07, 6.45) is 8.77. The van der Waals surface area contributed by atoms with E-state index < -0.39 is 17.7 Å². The Bertz CT molecular complexity index is 1230. The minimum Gasteiger partial charge on any atom is -0.351 e. The van der Waals surface area contributed by atoms with E-state index in [9.17, 15) is 4.79 Å². The normalized spacial score (nSPS) is 23.4. The summed E-state index contributed by atoms with van der Waals surface area (Å²) in [7, 11) is 0. The number of fused-ring (bicyclic) bond motifs is 1. The van der Waals surface area contributed by atoms with E-state index in [2.05, 4.69) is 43.8 Å². The smallest absolute Gasteiger partial charge is 0.167 e. The number of hydrogen-bond acceptors (Lipinski definition) is 8. The Morgan fingerprint density at radius 1 is 1.30 bits per heavy atom. The molecule has 0 amide bonds. The quantitative estimate of drug-likeness (QED) is 0.306. The SMILES string of the molecule is C=N/C=C(/F)C(=NCNc1ccc(C(C=O)C2CCN(CC)CC2)cn1)C1=CC2C(N=C(C)N2C(C)C)C(F)=C1. The summed E-state index contributed by atoms with van der Waals surface area (Å²) in [6, 6.07) is 2.78. The summed E-state index contributed by atoms with van der Waals surface area (Å²) in [6.45, 7) is 14.4. The van der Waals surface area contributed by atoms with Gasteiger partial charge in [0.2, 0.25) is 0 Å². The van der Waals surface area contributed by atoms with Crippen molar-refractivity contribution in [2.75, 3.05) is 31.6 Å². The summed E-state index contributed by atoms with van der Waals surface area (Å²) in [5, 5.41) is 3.07. The van der Waals surface area contributed by atoms with Gasteiger partial charge in [0.15, 0.2) is 5.83 Å². The molecule has 0 radical (unpaired) electrons. The van der Waals surface area contributed by atoms with Gasteiger partial charge in [-0.3, -0.25) is 15.0 Å². The molecule has 4 rings (SSSR count). The minimum absolute atomic E-state index is 0.00299. The molecular formula is C30H39F2N7O. The predicted molar refractivity (Wildman–Crippen MR) is 157 cm³/mol. The van der Waals surface area contributed by atoms with Crippen LogP contribution in [0.1, 0.15) is 52.0 Å². The van der Waals surface area contributed by atoms with Crippen LogP contribution in [0.4, 0.5) is 14.6 Å². The van der Waals surface area contributed by atoms with Gasteiger partial charge < -0.3 is 19.9 Å². The number of pyridine rings is 1. The van der Waals surface area contributed by atoms with E-state index >= 15 is 8.78 Å². The number of aliphatic imine (C=N–C) groups is 3.